The van der Waals surface area contributed by atoms with Crippen LogP contribution >= 0.6 is 15.9 Å². The molecule has 2 aromatic carbocycles. The van der Waals surface area contributed by atoms with Crippen LogP contribution in [-0.4, -0.2) is 17.6 Å². The first kappa shape index (κ1) is 18.1. The van der Waals surface area contributed by atoms with E-state index < -0.39 is 0 Å². The Morgan fingerprint density at radius 3 is 2.69 bits per heavy atom. The lowest BCUT2D eigenvalue weighted by Gasteiger charge is -2.05. The minimum Gasteiger partial charge on any atom is -0.508 e. The molecule has 0 atom stereocenters. The third-order valence-electron chi connectivity index (χ3n) is 3.69. The Morgan fingerprint density at radius 1 is 1.12 bits per heavy atom. The first-order valence-corrected chi connectivity index (χ1v) is 8.92. The van der Waals surface area contributed by atoms with Crippen molar-refractivity contribution >= 4 is 21.8 Å². The van der Waals surface area contributed by atoms with E-state index >= 15 is 0 Å². The van der Waals surface area contributed by atoms with Gasteiger partial charge in [-0.15, -0.1) is 0 Å². The van der Waals surface area contributed by atoms with Crippen LogP contribution in [-0.2, 0) is 13.0 Å². The molecule has 3 rings (SSSR count). The highest BCUT2D eigenvalue weighted by Crippen LogP contribution is 2.18. The molecule has 0 radical (unpaired) electrons. The lowest BCUT2D eigenvalue weighted by atomic mass is 10.1. The van der Waals surface area contributed by atoms with E-state index in [1.54, 1.807) is 30.3 Å². The van der Waals surface area contributed by atoms with Crippen molar-refractivity contribution in [3.8, 4) is 11.5 Å². The number of phenols is 1. The van der Waals surface area contributed by atoms with Gasteiger partial charge in [0.1, 0.15) is 23.9 Å². The van der Waals surface area contributed by atoms with Crippen molar-refractivity contribution in [3.05, 3.63) is 82.2 Å². The highest BCUT2D eigenvalue weighted by Gasteiger charge is 2.11. The van der Waals surface area contributed by atoms with Gasteiger partial charge in [-0.05, 0) is 60.5 Å². The van der Waals surface area contributed by atoms with Crippen molar-refractivity contribution in [3.63, 3.8) is 0 Å². The van der Waals surface area contributed by atoms with Gasteiger partial charge in [0.05, 0.1) is 0 Å². The van der Waals surface area contributed by atoms with Crippen LogP contribution in [0.3, 0.4) is 0 Å². The topological polar surface area (TPSA) is 71.7 Å². The second-order valence-electron chi connectivity index (χ2n) is 5.68. The number of carbonyl (C=O) groups excluding carboxylic acids is 1. The van der Waals surface area contributed by atoms with Crippen molar-refractivity contribution in [1.82, 2.24) is 5.32 Å². The maximum absolute atomic E-state index is 12.1. The van der Waals surface area contributed by atoms with E-state index in [4.69, 9.17) is 9.15 Å². The Bertz CT molecular complexity index is 874. The van der Waals surface area contributed by atoms with Crippen LogP contribution < -0.4 is 10.1 Å². The smallest absolute Gasteiger partial charge is 0.287 e. The molecule has 0 aliphatic carbocycles. The molecular formula is C20H18BrNO4. The third-order valence-corrected chi connectivity index (χ3v) is 4.22. The van der Waals surface area contributed by atoms with Gasteiger partial charge in [-0.25, -0.2) is 0 Å². The molecule has 6 heteroatoms. The number of phenolic OH excluding ortho intramolecular Hbond substituents is 1. The summed E-state index contributed by atoms with van der Waals surface area (Å²) in [5, 5.41) is 12.2. The molecule has 5 nitrogen and oxygen atoms in total. The van der Waals surface area contributed by atoms with Gasteiger partial charge < -0.3 is 19.6 Å². The van der Waals surface area contributed by atoms with Crippen molar-refractivity contribution < 1.29 is 19.1 Å². The maximum atomic E-state index is 12.1. The molecule has 2 N–H and O–H groups in total. The number of ether oxygens (including phenoxy) is 1. The molecule has 0 bridgehead atoms. The Morgan fingerprint density at radius 2 is 1.92 bits per heavy atom. The number of hydrogen-bond donors (Lipinski definition) is 2. The number of carbonyl (C=O) groups is 1. The zero-order chi connectivity index (χ0) is 18.4. The van der Waals surface area contributed by atoms with Gasteiger partial charge >= 0.3 is 0 Å². The molecule has 26 heavy (non-hydrogen) atoms. The molecule has 3 aromatic rings. The van der Waals surface area contributed by atoms with Crippen LogP contribution in [0.2, 0.25) is 0 Å². The summed E-state index contributed by atoms with van der Waals surface area (Å²) in [4.78, 5) is 12.1. The first-order chi connectivity index (χ1) is 12.6. The van der Waals surface area contributed by atoms with Gasteiger partial charge in [0.15, 0.2) is 5.76 Å². The minimum absolute atomic E-state index is 0.218. The first-order valence-electron chi connectivity index (χ1n) is 8.13. The number of hydrogen-bond acceptors (Lipinski definition) is 4. The lowest BCUT2D eigenvalue weighted by molar-refractivity contribution is 0.0922. The van der Waals surface area contributed by atoms with E-state index in [1.807, 2.05) is 30.3 Å². The van der Waals surface area contributed by atoms with E-state index in [0.717, 1.165) is 15.8 Å². The predicted octanol–water partition coefficient (Wildman–Crippen LogP) is 4.30. The molecule has 0 fully saturated rings. The summed E-state index contributed by atoms with van der Waals surface area (Å²) in [5.41, 5.74) is 0.952. The molecule has 0 unspecified atom stereocenters. The van der Waals surface area contributed by atoms with Crippen LogP contribution in [0, 0.1) is 0 Å². The molecule has 1 aromatic heterocycles. The molecule has 0 saturated carbocycles. The van der Waals surface area contributed by atoms with E-state index in [-0.39, 0.29) is 24.0 Å². The lowest BCUT2D eigenvalue weighted by Crippen LogP contribution is -2.25. The third kappa shape index (κ3) is 5.13. The van der Waals surface area contributed by atoms with Crippen LogP contribution in [0.25, 0.3) is 0 Å². The predicted molar refractivity (Wildman–Crippen MR) is 101 cm³/mol. The van der Waals surface area contributed by atoms with E-state index in [2.05, 4.69) is 21.2 Å². The summed E-state index contributed by atoms with van der Waals surface area (Å²) in [6, 6.07) is 17.8. The second kappa shape index (κ2) is 8.58. The average Bonchev–Trinajstić information content (AvgIpc) is 3.10. The van der Waals surface area contributed by atoms with Crippen molar-refractivity contribution in [2.45, 2.75) is 13.0 Å². The van der Waals surface area contributed by atoms with E-state index in [1.165, 1.54) is 0 Å². The zero-order valence-corrected chi connectivity index (χ0v) is 15.5. The number of aromatic hydroxyl groups is 1. The normalized spacial score (nSPS) is 10.5. The van der Waals surface area contributed by atoms with E-state index in [0.29, 0.717) is 18.7 Å². The Hall–Kier alpha value is -2.73. The number of halogens is 1. The SMILES string of the molecule is O=C(NCCc1cccc(O)c1)c1ccc(COc2ccc(Br)cc2)o1. The fraction of sp³-hybridized carbons (Fsp3) is 0.150. The largest absolute Gasteiger partial charge is 0.508 e. The fourth-order valence-corrected chi connectivity index (χ4v) is 2.65. The maximum Gasteiger partial charge on any atom is 0.287 e. The molecule has 0 saturated heterocycles. The summed E-state index contributed by atoms with van der Waals surface area (Å²) >= 11 is 3.37. The van der Waals surface area contributed by atoms with Gasteiger partial charge in [0.25, 0.3) is 5.91 Å². The average molecular weight is 416 g/mol. The number of nitrogens with one attached hydrogen (secondary N) is 1. The minimum atomic E-state index is -0.278. The van der Waals surface area contributed by atoms with Crippen molar-refractivity contribution in [2.75, 3.05) is 6.54 Å². The molecule has 134 valence electrons. The molecule has 0 spiro atoms. The van der Waals surface area contributed by atoms with Crippen LogP contribution in [0.5, 0.6) is 11.5 Å². The van der Waals surface area contributed by atoms with Crippen LogP contribution in [0.4, 0.5) is 0 Å². The highest BCUT2D eigenvalue weighted by molar-refractivity contribution is 9.10. The summed E-state index contributed by atoms with van der Waals surface area (Å²) in [7, 11) is 0. The summed E-state index contributed by atoms with van der Waals surface area (Å²) < 4.78 is 12.1. The summed E-state index contributed by atoms with van der Waals surface area (Å²) in [6.45, 7) is 0.700. The Kier molecular flexibility index (Phi) is 5.96. The second-order valence-corrected chi connectivity index (χ2v) is 6.60. The molecule has 1 heterocycles. The fourth-order valence-electron chi connectivity index (χ4n) is 2.38. The van der Waals surface area contributed by atoms with E-state index in [9.17, 15) is 9.90 Å². The van der Waals surface area contributed by atoms with Gasteiger partial charge in [-0.3, -0.25) is 4.79 Å². The van der Waals surface area contributed by atoms with Crippen LogP contribution in [0.15, 0.2) is 69.6 Å². The summed E-state index contributed by atoms with van der Waals surface area (Å²) in [6.07, 6.45) is 0.625. The van der Waals surface area contributed by atoms with Gasteiger partial charge in [-0.2, -0.15) is 0 Å². The van der Waals surface area contributed by atoms with Crippen molar-refractivity contribution in [1.29, 1.82) is 0 Å². The number of amides is 1. The number of rotatable bonds is 7. The number of furan rings is 1. The molecular weight excluding hydrogens is 398 g/mol. The molecule has 0 aliphatic heterocycles. The van der Waals surface area contributed by atoms with Crippen molar-refractivity contribution in [2.24, 2.45) is 0 Å². The molecule has 1 amide bonds. The number of benzene rings is 2. The van der Waals surface area contributed by atoms with Crippen LogP contribution in [0.1, 0.15) is 21.9 Å². The van der Waals surface area contributed by atoms with Gasteiger partial charge in [0.2, 0.25) is 0 Å². The van der Waals surface area contributed by atoms with Gasteiger partial charge in [0, 0.05) is 11.0 Å². The monoisotopic (exact) mass is 415 g/mol. The Balaban J connectivity index is 1.47. The quantitative estimate of drug-likeness (QED) is 0.603. The summed E-state index contributed by atoms with van der Waals surface area (Å²) in [5.74, 6) is 1.48. The standard InChI is InChI=1S/C20H18BrNO4/c21-15-4-6-17(7-5-15)25-13-18-8-9-19(26-18)20(24)22-11-10-14-2-1-3-16(23)12-14/h1-9,12,23H,10-11,13H2,(H,22,24). The highest BCUT2D eigenvalue weighted by atomic mass is 79.9. The van der Waals surface area contributed by atoms with Gasteiger partial charge in [-0.1, -0.05) is 28.1 Å². The zero-order valence-electron chi connectivity index (χ0n) is 13.9. The Labute approximate surface area is 159 Å². The molecule has 0 aliphatic rings.